The second-order valence-electron chi connectivity index (χ2n) is 6.47. The lowest BCUT2D eigenvalue weighted by atomic mass is 10.1. The second-order valence-corrected chi connectivity index (χ2v) is 7.45. The lowest BCUT2D eigenvalue weighted by Gasteiger charge is -2.16. The van der Waals surface area contributed by atoms with Gasteiger partial charge in [0.15, 0.2) is 5.13 Å². The number of likely N-dealkylation sites (N-methyl/N-ethyl adjacent to an activating group) is 1. The van der Waals surface area contributed by atoms with Crippen molar-refractivity contribution in [2.75, 3.05) is 23.8 Å². The van der Waals surface area contributed by atoms with Crippen LogP contribution in [0.5, 0.6) is 0 Å². The smallest absolute Gasteiger partial charge is 0.342 e. The van der Waals surface area contributed by atoms with Crippen LogP contribution < -0.4 is 10.2 Å². The molecule has 0 spiro atoms. The fourth-order valence-corrected chi connectivity index (χ4v) is 3.79. The highest BCUT2D eigenvalue weighted by atomic mass is 32.1. The van der Waals surface area contributed by atoms with Gasteiger partial charge in [-0.15, -0.1) is 0 Å². The Morgan fingerprint density at radius 2 is 1.86 bits per heavy atom. The van der Waals surface area contributed by atoms with E-state index >= 15 is 0 Å². The van der Waals surface area contributed by atoms with E-state index in [0.717, 1.165) is 27.4 Å². The lowest BCUT2D eigenvalue weighted by molar-refractivity contribution is -0.140. The van der Waals surface area contributed by atoms with Gasteiger partial charge in [0.1, 0.15) is 5.82 Å². The summed E-state index contributed by atoms with van der Waals surface area (Å²) >= 11 is 1.44. The van der Waals surface area contributed by atoms with Gasteiger partial charge < -0.3 is 10.2 Å². The van der Waals surface area contributed by atoms with E-state index in [1.165, 1.54) is 11.3 Å². The van der Waals surface area contributed by atoms with Crippen LogP contribution in [0.1, 0.15) is 16.7 Å². The van der Waals surface area contributed by atoms with E-state index < -0.39 is 23.5 Å². The molecule has 0 aliphatic rings. The number of carbonyl (C=O) groups excluding carboxylic acids is 1. The van der Waals surface area contributed by atoms with Gasteiger partial charge in [-0.25, -0.2) is 9.37 Å². The van der Waals surface area contributed by atoms with Crippen molar-refractivity contribution >= 4 is 38.3 Å². The molecule has 0 aliphatic carbocycles. The molecule has 9 heteroatoms. The number of hydrogen-bond donors (Lipinski definition) is 1. The van der Waals surface area contributed by atoms with E-state index in [1.807, 2.05) is 26.0 Å². The molecular formula is C19H17F4N3OS. The summed E-state index contributed by atoms with van der Waals surface area (Å²) in [4.78, 5) is 18.4. The molecule has 28 heavy (non-hydrogen) atoms. The van der Waals surface area contributed by atoms with Crippen molar-refractivity contribution in [2.24, 2.45) is 0 Å². The summed E-state index contributed by atoms with van der Waals surface area (Å²) in [5.41, 5.74) is 1.42. The number of benzene rings is 2. The number of carbonyl (C=O) groups is 1. The first-order chi connectivity index (χ1) is 13.1. The number of alkyl halides is 3. The van der Waals surface area contributed by atoms with Crippen LogP contribution in [0.15, 0.2) is 30.3 Å². The van der Waals surface area contributed by atoms with Gasteiger partial charge in [-0.1, -0.05) is 23.5 Å². The Balaban J connectivity index is 1.75. The van der Waals surface area contributed by atoms with E-state index in [4.69, 9.17) is 0 Å². The first kappa shape index (κ1) is 20.1. The Labute approximate surface area is 162 Å². The summed E-state index contributed by atoms with van der Waals surface area (Å²) in [5, 5.41) is 2.99. The number of aryl methyl sites for hydroxylation is 2. The number of hydrogen-bond acceptors (Lipinski definition) is 4. The molecule has 1 heterocycles. The number of aromatic nitrogens is 1. The Bertz CT molecular complexity index is 1010. The van der Waals surface area contributed by atoms with Gasteiger partial charge in [0, 0.05) is 12.7 Å². The third kappa shape index (κ3) is 4.09. The van der Waals surface area contributed by atoms with Crippen LogP contribution in [-0.2, 0) is 11.0 Å². The van der Waals surface area contributed by atoms with Crippen LogP contribution in [0.25, 0.3) is 10.2 Å². The molecule has 148 valence electrons. The van der Waals surface area contributed by atoms with Crippen molar-refractivity contribution in [3.05, 3.63) is 52.8 Å². The Morgan fingerprint density at radius 3 is 2.50 bits per heavy atom. The van der Waals surface area contributed by atoms with Crippen LogP contribution >= 0.6 is 11.3 Å². The summed E-state index contributed by atoms with van der Waals surface area (Å²) in [6.07, 6.45) is -4.83. The molecule has 1 aromatic heterocycles. The van der Waals surface area contributed by atoms with Crippen molar-refractivity contribution in [3.8, 4) is 0 Å². The highest BCUT2D eigenvalue weighted by molar-refractivity contribution is 7.22. The predicted octanol–water partition coefficient (Wildman–Crippen LogP) is 5.15. The van der Waals surface area contributed by atoms with Gasteiger partial charge in [-0.05, 0) is 43.2 Å². The summed E-state index contributed by atoms with van der Waals surface area (Å²) in [6, 6.07) is 6.32. The Morgan fingerprint density at radius 1 is 1.18 bits per heavy atom. The van der Waals surface area contributed by atoms with E-state index in [2.05, 4.69) is 10.3 Å². The average Bonchev–Trinajstić information content (AvgIpc) is 3.06. The fraction of sp³-hybridized carbons (Fsp3) is 0.263. The van der Waals surface area contributed by atoms with Gasteiger partial charge >= 0.3 is 6.18 Å². The van der Waals surface area contributed by atoms with Crippen molar-refractivity contribution in [3.63, 3.8) is 0 Å². The monoisotopic (exact) mass is 411 g/mol. The number of rotatable bonds is 4. The van der Waals surface area contributed by atoms with E-state index in [9.17, 15) is 22.4 Å². The van der Waals surface area contributed by atoms with Gasteiger partial charge in [-0.2, -0.15) is 13.2 Å². The second kappa shape index (κ2) is 7.38. The first-order valence-corrected chi connectivity index (χ1v) is 9.12. The van der Waals surface area contributed by atoms with Gasteiger partial charge in [-0.3, -0.25) is 4.79 Å². The van der Waals surface area contributed by atoms with E-state index in [1.54, 1.807) is 11.9 Å². The number of nitrogens with zero attached hydrogens (tertiary/aromatic N) is 2. The van der Waals surface area contributed by atoms with Gasteiger partial charge in [0.25, 0.3) is 0 Å². The summed E-state index contributed by atoms with van der Waals surface area (Å²) in [6.45, 7) is 3.81. The molecule has 0 radical (unpaired) electrons. The van der Waals surface area contributed by atoms with Crippen molar-refractivity contribution in [1.29, 1.82) is 0 Å². The molecule has 1 N–H and O–H groups in total. The largest absolute Gasteiger partial charge is 0.419 e. The third-order valence-electron chi connectivity index (χ3n) is 4.19. The minimum Gasteiger partial charge on any atom is -0.342 e. The summed E-state index contributed by atoms with van der Waals surface area (Å²) in [5.74, 6) is -1.92. The highest BCUT2D eigenvalue weighted by Crippen LogP contribution is 2.34. The molecule has 0 unspecified atom stereocenters. The SMILES string of the molecule is Cc1ccc(C)c2sc(N(C)CC(=O)Nc3ccc(F)c(C(F)(F)F)c3)nc12. The van der Waals surface area contributed by atoms with Gasteiger partial charge in [0.05, 0.1) is 22.3 Å². The van der Waals surface area contributed by atoms with Gasteiger partial charge in [0.2, 0.25) is 5.91 Å². The number of fused-ring (bicyclic) bond motifs is 1. The van der Waals surface area contributed by atoms with Crippen molar-refractivity contribution < 1.29 is 22.4 Å². The molecular weight excluding hydrogens is 394 g/mol. The average molecular weight is 411 g/mol. The first-order valence-electron chi connectivity index (χ1n) is 8.30. The number of thiazole rings is 1. The number of halogens is 4. The number of nitrogens with one attached hydrogen (secondary N) is 1. The summed E-state index contributed by atoms with van der Waals surface area (Å²) < 4.78 is 52.8. The zero-order valence-corrected chi connectivity index (χ0v) is 16.1. The summed E-state index contributed by atoms with van der Waals surface area (Å²) in [7, 11) is 1.67. The Kier molecular flexibility index (Phi) is 5.29. The van der Waals surface area contributed by atoms with Crippen LogP contribution in [0.4, 0.5) is 28.4 Å². The van der Waals surface area contributed by atoms with Crippen LogP contribution in [0.2, 0.25) is 0 Å². The molecule has 0 saturated heterocycles. The van der Waals surface area contributed by atoms with Crippen molar-refractivity contribution in [2.45, 2.75) is 20.0 Å². The van der Waals surface area contributed by atoms with E-state index in [-0.39, 0.29) is 12.2 Å². The lowest BCUT2D eigenvalue weighted by Crippen LogP contribution is -2.30. The van der Waals surface area contributed by atoms with E-state index in [0.29, 0.717) is 17.3 Å². The predicted molar refractivity (Wildman–Crippen MR) is 102 cm³/mol. The minimum atomic E-state index is -4.83. The topological polar surface area (TPSA) is 45.2 Å². The normalized spacial score (nSPS) is 11.7. The molecule has 0 saturated carbocycles. The zero-order chi connectivity index (χ0) is 20.6. The molecule has 1 amide bonds. The maximum atomic E-state index is 13.4. The molecule has 0 aliphatic heterocycles. The molecule has 4 nitrogen and oxygen atoms in total. The molecule has 3 rings (SSSR count). The quantitative estimate of drug-likeness (QED) is 0.604. The third-order valence-corrected chi connectivity index (χ3v) is 5.50. The van der Waals surface area contributed by atoms with Crippen LogP contribution in [0, 0.1) is 19.7 Å². The number of amides is 1. The fourth-order valence-electron chi connectivity index (χ4n) is 2.72. The number of anilines is 2. The highest BCUT2D eigenvalue weighted by Gasteiger charge is 2.34. The molecule has 0 fully saturated rings. The molecule has 3 aromatic rings. The molecule has 2 aromatic carbocycles. The Hall–Kier alpha value is -2.68. The maximum Gasteiger partial charge on any atom is 0.419 e. The standard InChI is InChI=1S/C19H17F4N3OS/c1-10-4-5-11(2)17-16(10)25-18(28-17)26(3)9-15(27)24-12-6-7-14(20)13(8-12)19(21,22)23/h4-8H,9H2,1-3H3,(H,24,27). The molecule has 0 bridgehead atoms. The maximum absolute atomic E-state index is 13.4. The zero-order valence-electron chi connectivity index (χ0n) is 15.3. The van der Waals surface area contributed by atoms with Crippen molar-refractivity contribution in [1.82, 2.24) is 4.98 Å². The van der Waals surface area contributed by atoms with Crippen LogP contribution in [-0.4, -0.2) is 24.5 Å². The molecule has 0 atom stereocenters. The van der Waals surface area contributed by atoms with Crippen LogP contribution in [0.3, 0.4) is 0 Å². The minimum absolute atomic E-state index is 0.114.